The van der Waals surface area contributed by atoms with Crippen molar-refractivity contribution in [2.75, 3.05) is 6.54 Å². The molecule has 0 saturated heterocycles. The van der Waals surface area contributed by atoms with Crippen LogP contribution in [0.3, 0.4) is 0 Å². The molecule has 1 rings (SSSR count). The zero-order chi connectivity index (χ0) is 11.3. The number of carbonyl (C=O) groups excluding carboxylic acids is 1. The molecule has 0 unspecified atom stereocenters. The molecule has 0 radical (unpaired) electrons. The molecule has 0 aromatic heterocycles. The Balaban J connectivity index is 2.41. The smallest absolute Gasteiger partial charge is 0.223 e. The number of rotatable bonds is 7. The fourth-order valence-electron chi connectivity index (χ4n) is 2.00. The second kappa shape index (κ2) is 5.50. The van der Waals surface area contributed by atoms with E-state index in [1.165, 1.54) is 0 Å². The predicted molar refractivity (Wildman–Crippen MR) is 62.5 cm³/mol. The molecule has 0 heterocycles. The van der Waals surface area contributed by atoms with Gasteiger partial charge in [-0.3, -0.25) is 4.79 Å². The maximum Gasteiger partial charge on any atom is 0.223 e. The summed E-state index contributed by atoms with van der Waals surface area (Å²) in [6.07, 6.45) is 6.27. The highest BCUT2D eigenvalue weighted by Gasteiger charge is 2.43. The van der Waals surface area contributed by atoms with Gasteiger partial charge in [0.05, 0.1) is 5.54 Å². The third-order valence-electron chi connectivity index (χ3n) is 3.28. The lowest BCUT2D eigenvalue weighted by molar-refractivity contribution is -0.126. The molecular weight excluding hydrogens is 188 g/mol. The monoisotopic (exact) mass is 212 g/mol. The van der Waals surface area contributed by atoms with E-state index < -0.39 is 0 Å². The number of nitrogens with one attached hydrogen (secondary N) is 1. The molecule has 0 aromatic rings. The van der Waals surface area contributed by atoms with Crippen molar-refractivity contribution in [3.05, 3.63) is 0 Å². The van der Waals surface area contributed by atoms with Crippen molar-refractivity contribution >= 4 is 5.91 Å². The van der Waals surface area contributed by atoms with E-state index in [1.54, 1.807) is 0 Å². The second-order valence-electron chi connectivity index (χ2n) is 4.75. The van der Waals surface area contributed by atoms with Gasteiger partial charge in [0.25, 0.3) is 0 Å². The topological polar surface area (TPSA) is 55.1 Å². The van der Waals surface area contributed by atoms with Gasteiger partial charge in [0.1, 0.15) is 0 Å². The van der Waals surface area contributed by atoms with Gasteiger partial charge >= 0.3 is 0 Å². The summed E-state index contributed by atoms with van der Waals surface area (Å²) in [5.41, 5.74) is 5.62. The molecule has 3 heteroatoms. The number of hydrogen-bond acceptors (Lipinski definition) is 2. The van der Waals surface area contributed by atoms with Crippen molar-refractivity contribution in [1.29, 1.82) is 0 Å². The Morgan fingerprint density at radius 2 is 1.87 bits per heavy atom. The van der Waals surface area contributed by atoms with E-state index in [4.69, 9.17) is 5.73 Å². The van der Waals surface area contributed by atoms with Gasteiger partial charge in [-0.1, -0.05) is 26.7 Å². The van der Waals surface area contributed by atoms with Crippen LogP contribution in [0.25, 0.3) is 0 Å². The first-order valence-electron chi connectivity index (χ1n) is 6.19. The Hall–Kier alpha value is -0.570. The molecule has 15 heavy (non-hydrogen) atoms. The third kappa shape index (κ3) is 3.49. The molecule has 3 N–H and O–H groups in total. The van der Waals surface area contributed by atoms with Crippen LogP contribution in [0.2, 0.25) is 0 Å². The Morgan fingerprint density at radius 3 is 2.20 bits per heavy atom. The Morgan fingerprint density at radius 1 is 1.33 bits per heavy atom. The average molecular weight is 212 g/mol. The SMILES string of the molecule is CCCC(CCC)C(=O)NC1(CN)CC1. The van der Waals surface area contributed by atoms with Crippen LogP contribution in [0.1, 0.15) is 52.4 Å². The van der Waals surface area contributed by atoms with Crippen molar-refractivity contribution < 1.29 is 4.79 Å². The molecular formula is C12H24N2O. The van der Waals surface area contributed by atoms with Crippen LogP contribution >= 0.6 is 0 Å². The summed E-state index contributed by atoms with van der Waals surface area (Å²) in [7, 11) is 0. The van der Waals surface area contributed by atoms with Gasteiger partial charge in [0.15, 0.2) is 0 Å². The lowest BCUT2D eigenvalue weighted by atomic mass is 9.97. The van der Waals surface area contributed by atoms with E-state index in [0.717, 1.165) is 38.5 Å². The molecule has 0 bridgehead atoms. The highest BCUT2D eigenvalue weighted by molar-refractivity contribution is 5.79. The van der Waals surface area contributed by atoms with E-state index in [-0.39, 0.29) is 17.4 Å². The van der Waals surface area contributed by atoms with Gasteiger partial charge in [0, 0.05) is 12.5 Å². The third-order valence-corrected chi connectivity index (χ3v) is 3.28. The molecule has 1 aliphatic carbocycles. The molecule has 1 amide bonds. The van der Waals surface area contributed by atoms with Crippen LogP contribution in [-0.4, -0.2) is 18.0 Å². The summed E-state index contributed by atoms with van der Waals surface area (Å²) in [5, 5.41) is 3.12. The van der Waals surface area contributed by atoms with Crippen LogP contribution in [0.5, 0.6) is 0 Å². The maximum atomic E-state index is 12.0. The molecule has 0 atom stereocenters. The minimum atomic E-state index is -0.0309. The fourth-order valence-corrected chi connectivity index (χ4v) is 2.00. The summed E-state index contributed by atoms with van der Waals surface area (Å²) < 4.78 is 0. The molecule has 0 spiro atoms. The first-order valence-corrected chi connectivity index (χ1v) is 6.19. The van der Waals surface area contributed by atoms with Crippen molar-refractivity contribution in [3.8, 4) is 0 Å². The van der Waals surface area contributed by atoms with Gasteiger partial charge in [-0.05, 0) is 25.7 Å². The molecule has 0 aliphatic heterocycles. The fraction of sp³-hybridized carbons (Fsp3) is 0.917. The van der Waals surface area contributed by atoms with Gasteiger partial charge in [-0.2, -0.15) is 0 Å². The first kappa shape index (κ1) is 12.5. The van der Waals surface area contributed by atoms with E-state index in [9.17, 15) is 4.79 Å². The van der Waals surface area contributed by atoms with Crippen LogP contribution < -0.4 is 11.1 Å². The average Bonchev–Trinajstić information content (AvgIpc) is 2.98. The number of amides is 1. The Labute approximate surface area is 92.8 Å². The van der Waals surface area contributed by atoms with E-state index >= 15 is 0 Å². The second-order valence-corrected chi connectivity index (χ2v) is 4.75. The van der Waals surface area contributed by atoms with E-state index in [2.05, 4.69) is 19.2 Å². The van der Waals surface area contributed by atoms with Crippen LogP contribution in [0.4, 0.5) is 0 Å². The predicted octanol–water partition coefficient (Wildman–Crippen LogP) is 1.81. The molecule has 1 aliphatic rings. The zero-order valence-electron chi connectivity index (χ0n) is 10.0. The largest absolute Gasteiger partial charge is 0.349 e. The quantitative estimate of drug-likeness (QED) is 0.676. The summed E-state index contributed by atoms with van der Waals surface area (Å²) in [4.78, 5) is 12.0. The Kier molecular flexibility index (Phi) is 4.58. The highest BCUT2D eigenvalue weighted by Crippen LogP contribution is 2.34. The molecule has 1 saturated carbocycles. The van der Waals surface area contributed by atoms with Crippen LogP contribution in [-0.2, 0) is 4.79 Å². The van der Waals surface area contributed by atoms with Crippen molar-refractivity contribution in [2.24, 2.45) is 11.7 Å². The van der Waals surface area contributed by atoms with Gasteiger partial charge in [0.2, 0.25) is 5.91 Å². The summed E-state index contributed by atoms with van der Waals surface area (Å²) >= 11 is 0. The Bertz CT molecular complexity index is 206. The van der Waals surface area contributed by atoms with Crippen LogP contribution in [0.15, 0.2) is 0 Å². The molecule has 3 nitrogen and oxygen atoms in total. The summed E-state index contributed by atoms with van der Waals surface area (Å²) in [6.45, 7) is 4.85. The van der Waals surface area contributed by atoms with Crippen molar-refractivity contribution in [2.45, 2.75) is 57.9 Å². The zero-order valence-corrected chi connectivity index (χ0v) is 10.0. The summed E-state index contributed by atoms with van der Waals surface area (Å²) in [6, 6.07) is 0. The molecule has 0 aromatic carbocycles. The number of nitrogens with two attached hydrogens (primary N) is 1. The highest BCUT2D eigenvalue weighted by atomic mass is 16.2. The van der Waals surface area contributed by atoms with Gasteiger partial charge < -0.3 is 11.1 Å². The van der Waals surface area contributed by atoms with Crippen LogP contribution in [0, 0.1) is 5.92 Å². The molecule has 1 fully saturated rings. The summed E-state index contributed by atoms with van der Waals surface area (Å²) in [5.74, 6) is 0.422. The minimum absolute atomic E-state index is 0.0309. The van der Waals surface area contributed by atoms with E-state index in [1.807, 2.05) is 0 Å². The van der Waals surface area contributed by atoms with Crippen molar-refractivity contribution in [1.82, 2.24) is 5.32 Å². The molecule has 88 valence electrons. The maximum absolute atomic E-state index is 12.0. The number of carbonyl (C=O) groups is 1. The number of hydrogen-bond donors (Lipinski definition) is 2. The lowest BCUT2D eigenvalue weighted by Gasteiger charge is -2.20. The van der Waals surface area contributed by atoms with Gasteiger partial charge in [-0.15, -0.1) is 0 Å². The van der Waals surface area contributed by atoms with E-state index in [0.29, 0.717) is 6.54 Å². The minimum Gasteiger partial charge on any atom is -0.349 e. The van der Waals surface area contributed by atoms with Crippen molar-refractivity contribution in [3.63, 3.8) is 0 Å². The lowest BCUT2D eigenvalue weighted by Crippen LogP contribution is -2.45. The first-order chi connectivity index (χ1) is 7.17. The van der Waals surface area contributed by atoms with Gasteiger partial charge in [-0.25, -0.2) is 0 Å². The standard InChI is InChI=1S/C12H24N2O/c1-3-5-10(6-4-2)11(15)14-12(9-13)7-8-12/h10H,3-9,13H2,1-2H3,(H,14,15). The normalized spacial score (nSPS) is 17.9.